The molecule has 0 aromatic heterocycles. The molecule has 0 saturated carbocycles. The Labute approximate surface area is 172 Å². The first-order valence-electron chi connectivity index (χ1n) is 7.97. The zero-order chi connectivity index (χ0) is 26.3. The van der Waals surface area contributed by atoms with E-state index >= 15 is 0 Å². The maximum Gasteiger partial charge on any atom is 0.456 e. The van der Waals surface area contributed by atoms with Gasteiger partial charge in [0.15, 0.2) is 6.67 Å². The highest BCUT2D eigenvalue weighted by atomic mass is 19.4. The fourth-order valence-corrected chi connectivity index (χ4v) is 2.17. The van der Waals surface area contributed by atoms with Crippen LogP contribution in [0, 0.1) is 0 Å². The number of halogens is 15. The van der Waals surface area contributed by atoms with Gasteiger partial charge in [-0.3, -0.25) is 14.3 Å². The van der Waals surface area contributed by atoms with Crippen LogP contribution in [-0.4, -0.2) is 86.0 Å². The third kappa shape index (κ3) is 5.59. The van der Waals surface area contributed by atoms with Crippen molar-refractivity contribution < 1.29 is 84.9 Å². The number of Topliss-reactive ketones (excluding diaryl/α,β-unsaturated/α-hetero) is 1. The average Bonchev–Trinajstić information content (AvgIpc) is 2.65. The van der Waals surface area contributed by atoms with Gasteiger partial charge in [-0.05, 0) is 0 Å². The van der Waals surface area contributed by atoms with Crippen molar-refractivity contribution in [3.63, 3.8) is 0 Å². The van der Waals surface area contributed by atoms with E-state index in [0.717, 1.165) is 0 Å². The molecule has 196 valence electrons. The minimum atomic E-state index is -7.51. The van der Waals surface area contributed by atoms with Gasteiger partial charge in [0.05, 0.1) is 13.2 Å². The molecule has 0 aromatic carbocycles. The largest absolute Gasteiger partial charge is 0.456 e. The molecule has 0 bridgehead atoms. The number of ketones is 1. The van der Waals surface area contributed by atoms with Crippen molar-refractivity contribution in [2.45, 2.75) is 42.3 Å². The normalized spacial score (nSPS) is 21.4. The summed E-state index contributed by atoms with van der Waals surface area (Å²) >= 11 is 0. The molecule has 0 aliphatic carbocycles. The monoisotopic (exact) mass is 529 g/mol. The van der Waals surface area contributed by atoms with Gasteiger partial charge >= 0.3 is 42.3 Å². The summed E-state index contributed by atoms with van der Waals surface area (Å²) in [6.45, 7) is -7.25. The van der Waals surface area contributed by atoms with Crippen molar-refractivity contribution in [2.75, 3.05) is 33.0 Å². The topological polar surface area (TPSA) is 48.0 Å². The van der Waals surface area contributed by atoms with Crippen LogP contribution >= 0.6 is 0 Å². The van der Waals surface area contributed by atoms with E-state index in [1.165, 1.54) is 0 Å². The molecule has 2 unspecified atom stereocenters. The number of carbonyl (C=O) groups excluding carboxylic acids is 1. The van der Waals surface area contributed by atoms with E-state index in [-0.39, 0.29) is 0 Å². The predicted octanol–water partition coefficient (Wildman–Crippen LogP) is 4.13. The Morgan fingerprint density at radius 3 is 1.48 bits per heavy atom. The highest BCUT2D eigenvalue weighted by Gasteiger charge is 2.81. The van der Waals surface area contributed by atoms with Crippen molar-refractivity contribution in [3.05, 3.63) is 0 Å². The van der Waals surface area contributed by atoms with Crippen LogP contribution in [0.1, 0.15) is 0 Å². The van der Waals surface area contributed by atoms with Crippen LogP contribution in [0.5, 0.6) is 0 Å². The summed E-state index contributed by atoms with van der Waals surface area (Å²) in [4.78, 5) is 10.8. The van der Waals surface area contributed by atoms with Gasteiger partial charge in [0.1, 0.15) is 0 Å². The minimum Gasteiger partial charge on any atom is -0.379 e. The highest BCUT2D eigenvalue weighted by Crippen LogP contribution is 2.51. The summed E-state index contributed by atoms with van der Waals surface area (Å²) in [5.74, 6) is -19.6. The van der Waals surface area contributed by atoms with Crippen LogP contribution < -0.4 is 0 Å². The summed E-state index contributed by atoms with van der Waals surface area (Å²) in [5.41, 5.74) is 0. The number of hydrogen-bond donors (Lipinski definition) is 0. The zero-order valence-corrected chi connectivity index (χ0v) is 15.3. The van der Waals surface area contributed by atoms with Gasteiger partial charge in [0.2, 0.25) is 0 Å². The molecule has 1 aliphatic heterocycles. The summed E-state index contributed by atoms with van der Waals surface area (Å²) in [6, 6.07) is -5.99. The van der Waals surface area contributed by atoms with E-state index < -0.39 is 86.0 Å². The van der Waals surface area contributed by atoms with E-state index in [9.17, 15) is 70.7 Å². The summed E-state index contributed by atoms with van der Waals surface area (Å²) in [6.07, 6.45) is -27.8. The number of morpholine rings is 1. The first kappa shape index (κ1) is 29.5. The van der Waals surface area contributed by atoms with Crippen LogP contribution in [0.15, 0.2) is 0 Å². The summed E-state index contributed by atoms with van der Waals surface area (Å²) < 4.78 is 207. The second-order valence-corrected chi connectivity index (χ2v) is 6.15. The second-order valence-electron chi connectivity index (χ2n) is 6.15. The van der Waals surface area contributed by atoms with Gasteiger partial charge in [0.25, 0.3) is 5.78 Å². The lowest BCUT2D eigenvalue weighted by Crippen LogP contribution is -2.69. The maximum atomic E-state index is 14.3. The van der Waals surface area contributed by atoms with Gasteiger partial charge in [0, 0.05) is 13.1 Å². The first-order valence-corrected chi connectivity index (χ1v) is 7.97. The van der Waals surface area contributed by atoms with Crippen molar-refractivity contribution in [1.82, 2.24) is 4.90 Å². The van der Waals surface area contributed by atoms with E-state index in [1.807, 2.05) is 4.74 Å². The van der Waals surface area contributed by atoms with Gasteiger partial charge in [-0.2, -0.15) is 61.5 Å². The van der Waals surface area contributed by atoms with Crippen molar-refractivity contribution >= 4 is 5.78 Å². The number of rotatable bonds is 9. The SMILES string of the molecule is O=C(C(F)(OC(F)(F)CF)C(F)(F)F)C(F)(OC(F)(F)C(F)(F)N1CCOCC1)C(F)(F)F. The van der Waals surface area contributed by atoms with Crippen molar-refractivity contribution in [3.8, 4) is 0 Å². The molecule has 1 saturated heterocycles. The molecule has 0 amide bonds. The Morgan fingerprint density at radius 1 is 0.727 bits per heavy atom. The van der Waals surface area contributed by atoms with E-state index in [0.29, 0.717) is 0 Å². The Hall–Kier alpha value is -1.54. The van der Waals surface area contributed by atoms with E-state index in [2.05, 4.69) is 9.47 Å². The van der Waals surface area contributed by atoms with Crippen LogP contribution in [0.2, 0.25) is 0 Å². The van der Waals surface area contributed by atoms with Crippen LogP contribution in [0.3, 0.4) is 0 Å². The van der Waals surface area contributed by atoms with Crippen molar-refractivity contribution in [1.29, 1.82) is 0 Å². The standard InChI is InChI=1S/C13H10F15NO4/c14-5-7(15,16)32-8(17,10(19,20)21)6(30)9(18,11(22,23)24)33-13(27,28)12(25,26)29-1-3-31-4-2-29/h1-5H2. The molecule has 1 heterocycles. The molecule has 1 rings (SSSR count). The molecular weight excluding hydrogens is 519 g/mol. The molecule has 0 aromatic rings. The lowest BCUT2D eigenvalue weighted by molar-refractivity contribution is -0.467. The Kier molecular flexibility index (Phi) is 7.97. The van der Waals surface area contributed by atoms with Crippen LogP contribution in [0.4, 0.5) is 65.9 Å². The Morgan fingerprint density at radius 2 is 1.12 bits per heavy atom. The molecule has 1 fully saturated rings. The number of ether oxygens (including phenoxy) is 3. The lowest BCUT2D eigenvalue weighted by atomic mass is 10.0. The third-order valence-electron chi connectivity index (χ3n) is 3.79. The number of nitrogens with zero attached hydrogens (tertiary/aromatic N) is 1. The first-order chi connectivity index (χ1) is 14.5. The van der Waals surface area contributed by atoms with Crippen LogP contribution in [0.25, 0.3) is 0 Å². The molecule has 0 radical (unpaired) electrons. The quantitative estimate of drug-likeness (QED) is 0.333. The highest BCUT2D eigenvalue weighted by molar-refractivity contribution is 5.94. The van der Waals surface area contributed by atoms with Crippen molar-refractivity contribution in [2.24, 2.45) is 0 Å². The molecule has 5 nitrogen and oxygen atoms in total. The number of hydrogen-bond acceptors (Lipinski definition) is 5. The lowest BCUT2D eigenvalue weighted by Gasteiger charge is -2.41. The Balaban J connectivity index is 3.56. The zero-order valence-electron chi connectivity index (χ0n) is 15.3. The van der Waals surface area contributed by atoms with Gasteiger partial charge in [-0.25, -0.2) is 9.29 Å². The molecular formula is C13H10F15NO4. The van der Waals surface area contributed by atoms with Crippen LogP contribution in [-0.2, 0) is 19.0 Å². The van der Waals surface area contributed by atoms with Gasteiger partial charge in [-0.15, -0.1) is 0 Å². The summed E-state index contributed by atoms with van der Waals surface area (Å²) in [7, 11) is 0. The third-order valence-corrected chi connectivity index (χ3v) is 3.79. The molecule has 20 heteroatoms. The average molecular weight is 529 g/mol. The van der Waals surface area contributed by atoms with E-state index in [4.69, 9.17) is 0 Å². The fourth-order valence-electron chi connectivity index (χ4n) is 2.17. The molecule has 2 atom stereocenters. The van der Waals surface area contributed by atoms with Gasteiger partial charge in [-0.1, -0.05) is 0 Å². The minimum absolute atomic E-state index is 0.683. The van der Waals surface area contributed by atoms with Gasteiger partial charge < -0.3 is 4.74 Å². The number of alkyl halides is 15. The molecule has 33 heavy (non-hydrogen) atoms. The maximum absolute atomic E-state index is 14.3. The molecule has 1 aliphatic rings. The molecule has 0 N–H and O–H groups in total. The fraction of sp³-hybridized carbons (Fsp3) is 0.923. The Bertz CT molecular complexity index is 705. The molecule has 0 spiro atoms. The predicted molar refractivity (Wildman–Crippen MR) is 70.2 cm³/mol. The second kappa shape index (κ2) is 8.91. The number of carbonyl (C=O) groups is 1. The van der Waals surface area contributed by atoms with E-state index in [1.54, 1.807) is 0 Å². The summed E-state index contributed by atoms with van der Waals surface area (Å²) in [5, 5.41) is 0. The smallest absolute Gasteiger partial charge is 0.379 e.